The second kappa shape index (κ2) is 8.92. The van der Waals surface area contributed by atoms with Gasteiger partial charge in [-0.1, -0.05) is 0 Å². The van der Waals surface area contributed by atoms with Gasteiger partial charge in [-0.3, -0.25) is 0 Å². The second-order valence-corrected chi connectivity index (χ2v) is 9.56. The van der Waals surface area contributed by atoms with Crippen LogP contribution in [0.25, 0.3) is 0 Å². The highest BCUT2D eigenvalue weighted by Gasteiger charge is 2.56. The van der Waals surface area contributed by atoms with Gasteiger partial charge in [0.25, 0.3) is 0 Å². The molecule has 7 unspecified atom stereocenters. The van der Waals surface area contributed by atoms with Gasteiger partial charge in [0.2, 0.25) is 0 Å². The summed E-state index contributed by atoms with van der Waals surface area (Å²) < 4.78 is 30.4. The van der Waals surface area contributed by atoms with Crippen molar-refractivity contribution >= 4 is 12.6 Å². The topological polar surface area (TPSA) is 101 Å². The Balaban J connectivity index is 1.23. The Bertz CT molecular complexity index is 612. The van der Waals surface area contributed by atoms with Gasteiger partial charge in [-0.15, -0.1) is 0 Å². The Hall–Kier alpha value is -0.900. The van der Waals surface area contributed by atoms with Gasteiger partial charge in [-0.05, 0) is 51.4 Å². The van der Waals surface area contributed by atoms with E-state index in [9.17, 15) is 14.7 Å². The predicted octanol–water partition coefficient (Wildman–Crippen LogP) is 1.57. The first-order valence-electron chi connectivity index (χ1n) is 11.5. The van der Waals surface area contributed by atoms with Crippen molar-refractivity contribution in [1.82, 2.24) is 0 Å². The van der Waals surface area contributed by atoms with Crippen LogP contribution in [0.4, 0.5) is 0 Å². The molecule has 3 saturated heterocycles. The number of ether oxygens (including phenoxy) is 5. The molecule has 0 radical (unpaired) electrons. The minimum absolute atomic E-state index is 0.136. The van der Waals surface area contributed by atoms with Crippen molar-refractivity contribution in [3.05, 3.63) is 0 Å². The smallest absolute Gasteiger partial charge is 0.184 e. The lowest BCUT2D eigenvalue weighted by atomic mass is 9.82. The van der Waals surface area contributed by atoms with Gasteiger partial charge in [0.05, 0.1) is 6.61 Å². The summed E-state index contributed by atoms with van der Waals surface area (Å²) in [5.74, 6) is 0.754. The summed E-state index contributed by atoms with van der Waals surface area (Å²) in [6.07, 6.45) is 5.60. The van der Waals surface area contributed by atoms with Crippen molar-refractivity contribution in [2.45, 2.75) is 94.7 Å². The number of hydrogen-bond acceptors (Lipinski definition) is 8. The molecule has 0 aromatic heterocycles. The van der Waals surface area contributed by atoms with Crippen LogP contribution in [0.1, 0.15) is 51.4 Å². The van der Waals surface area contributed by atoms with Gasteiger partial charge in [-0.25, -0.2) is 0 Å². The van der Waals surface area contributed by atoms with Crippen molar-refractivity contribution in [1.29, 1.82) is 0 Å². The summed E-state index contributed by atoms with van der Waals surface area (Å²) in [6.45, 7) is 0.349. The van der Waals surface area contributed by atoms with Crippen molar-refractivity contribution < 1.29 is 38.4 Å². The Kier molecular flexibility index (Phi) is 6.24. The Labute approximate surface area is 176 Å². The fraction of sp³-hybridized carbons (Fsp3) is 0.909. The standard InChI is InChI=1S/C22H32O8/c23-9-12-1-5-14(6-2-12)21-26-11-16-17(28-21)18-19(20(25)27-16)30-22(29-18)15-7-3-13(10-24)4-8-15/h9-10,12-22,25H,1-8,11H2. The monoisotopic (exact) mass is 424 g/mol. The first kappa shape index (κ1) is 21.0. The predicted molar refractivity (Wildman–Crippen MR) is 102 cm³/mol. The molecule has 8 heteroatoms. The van der Waals surface area contributed by atoms with Crippen molar-refractivity contribution in [2.24, 2.45) is 23.7 Å². The second-order valence-electron chi connectivity index (χ2n) is 9.56. The summed E-state index contributed by atoms with van der Waals surface area (Å²) in [4.78, 5) is 22.1. The van der Waals surface area contributed by atoms with E-state index in [1.165, 1.54) is 0 Å². The first-order chi connectivity index (χ1) is 14.7. The summed E-state index contributed by atoms with van der Waals surface area (Å²) in [5, 5.41) is 10.5. The molecule has 30 heavy (non-hydrogen) atoms. The largest absolute Gasteiger partial charge is 0.366 e. The van der Waals surface area contributed by atoms with Crippen LogP contribution in [0, 0.1) is 23.7 Å². The number of carbonyl (C=O) groups excluding carboxylic acids is 2. The molecule has 168 valence electrons. The zero-order valence-electron chi connectivity index (χ0n) is 17.2. The fourth-order valence-corrected chi connectivity index (χ4v) is 5.79. The molecule has 0 amide bonds. The zero-order valence-corrected chi connectivity index (χ0v) is 17.2. The number of fused-ring (bicyclic) bond motifs is 3. The van der Waals surface area contributed by atoms with E-state index in [2.05, 4.69) is 0 Å². The number of aldehydes is 2. The van der Waals surface area contributed by atoms with Crippen LogP contribution in [0.15, 0.2) is 0 Å². The van der Waals surface area contributed by atoms with Crippen molar-refractivity contribution in [2.75, 3.05) is 6.61 Å². The van der Waals surface area contributed by atoms with Crippen LogP contribution < -0.4 is 0 Å². The summed E-state index contributed by atoms with van der Waals surface area (Å²) in [5.41, 5.74) is 0. The van der Waals surface area contributed by atoms with E-state index in [1.807, 2.05) is 0 Å². The first-order valence-corrected chi connectivity index (χ1v) is 11.5. The molecule has 2 aliphatic carbocycles. The van der Waals surface area contributed by atoms with E-state index in [4.69, 9.17) is 23.7 Å². The maximum atomic E-state index is 11.0. The summed E-state index contributed by atoms with van der Waals surface area (Å²) in [7, 11) is 0. The third-order valence-electron chi connectivity index (χ3n) is 7.70. The minimum Gasteiger partial charge on any atom is -0.366 e. The lowest BCUT2D eigenvalue weighted by Crippen LogP contribution is -2.62. The molecule has 0 aromatic rings. The highest BCUT2D eigenvalue weighted by atomic mass is 16.8. The molecule has 7 atom stereocenters. The molecule has 5 aliphatic rings. The molecule has 2 saturated carbocycles. The van der Waals surface area contributed by atoms with E-state index in [0.717, 1.165) is 63.9 Å². The number of hydrogen-bond donors (Lipinski definition) is 1. The molecule has 0 aromatic carbocycles. The normalized spacial score (nSPS) is 51.6. The molecular weight excluding hydrogens is 392 g/mol. The number of rotatable bonds is 4. The maximum Gasteiger partial charge on any atom is 0.184 e. The van der Waals surface area contributed by atoms with Gasteiger partial charge in [0.1, 0.15) is 37.0 Å². The van der Waals surface area contributed by atoms with Crippen LogP contribution in [0.3, 0.4) is 0 Å². The Morgan fingerprint density at radius 2 is 1.17 bits per heavy atom. The molecule has 0 spiro atoms. The van der Waals surface area contributed by atoms with Gasteiger partial charge in [0, 0.05) is 23.7 Å². The van der Waals surface area contributed by atoms with E-state index in [-0.39, 0.29) is 36.1 Å². The van der Waals surface area contributed by atoms with Crippen LogP contribution >= 0.6 is 0 Å². The number of carbonyl (C=O) groups is 2. The quantitative estimate of drug-likeness (QED) is 0.679. The SMILES string of the molecule is O=CC1CCC(C2OCC3OC(O)C4OC(C5CCC(C=O)CC5)OC4C3O2)CC1. The van der Waals surface area contributed by atoms with E-state index >= 15 is 0 Å². The lowest BCUT2D eigenvalue weighted by molar-refractivity contribution is -0.346. The van der Waals surface area contributed by atoms with Crippen LogP contribution in [-0.4, -0.2) is 67.6 Å². The molecule has 1 N–H and O–H groups in total. The summed E-state index contributed by atoms with van der Waals surface area (Å²) in [6, 6.07) is 0. The Morgan fingerprint density at radius 1 is 0.633 bits per heavy atom. The van der Waals surface area contributed by atoms with Gasteiger partial charge in [-0.2, -0.15) is 0 Å². The molecule has 5 rings (SSSR count). The van der Waals surface area contributed by atoms with E-state index < -0.39 is 30.9 Å². The molecule has 8 nitrogen and oxygen atoms in total. The van der Waals surface area contributed by atoms with Crippen molar-refractivity contribution in [3.8, 4) is 0 Å². The lowest BCUT2D eigenvalue weighted by Gasteiger charge is -2.46. The van der Waals surface area contributed by atoms with Gasteiger partial charge < -0.3 is 38.4 Å². The average Bonchev–Trinajstić information content (AvgIpc) is 3.26. The third-order valence-corrected chi connectivity index (χ3v) is 7.70. The highest BCUT2D eigenvalue weighted by Crippen LogP contribution is 2.43. The number of aliphatic hydroxyl groups excluding tert-OH is 1. The van der Waals surface area contributed by atoms with Gasteiger partial charge >= 0.3 is 0 Å². The van der Waals surface area contributed by atoms with Crippen LogP contribution in [-0.2, 0) is 33.3 Å². The Morgan fingerprint density at radius 3 is 1.77 bits per heavy atom. The zero-order chi connectivity index (χ0) is 20.7. The molecule has 3 aliphatic heterocycles. The summed E-state index contributed by atoms with van der Waals surface area (Å²) >= 11 is 0. The molecule has 5 fully saturated rings. The third kappa shape index (κ3) is 3.98. The van der Waals surface area contributed by atoms with Gasteiger partial charge in [0.15, 0.2) is 18.9 Å². The molecule has 3 heterocycles. The maximum absolute atomic E-state index is 11.0. The average molecular weight is 424 g/mol. The van der Waals surface area contributed by atoms with E-state index in [1.54, 1.807) is 0 Å². The number of aliphatic hydroxyl groups is 1. The minimum atomic E-state index is -1.07. The highest BCUT2D eigenvalue weighted by molar-refractivity contribution is 5.53. The van der Waals surface area contributed by atoms with E-state index in [0.29, 0.717) is 6.61 Å². The van der Waals surface area contributed by atoms with Crippen LogP contribution in [0.2, 0.25) is 0 Å². The van der Waals surface area contributed by atoms with Crippen LogP contribution in [0.5, 0.6) is 0 Å². The van der Waals surface area contributed by atoms with Crippen molar-refractivity contribution in [3.63, 3.8) is 0 Å². The fourth-order valence-electron chi connectivity index (χ4n) is 5.79. The molecule has 0 bridgehead atoms. The molecular formula is C22H32O8.